The molecule has 1 aromatic rings. The zero-order valence-corrected chi connectivity index (χ0v) is 12.3. The van der Waals surface area contributed by atoms with Crippen molar-refractivity contribution < 1.29 is 19.1 Å². The molecule has 21 heavy (non-hydrogen) atoms. The lowest BCUT2D eigenvalue weighted by Crippen LogP contribution is -2.48. The molecule has 0 aromatic heterocycles. The van der Waals surface area contributed by atoms with Crippen LogP contribution < -0.4 is 20.9 Å². The first-order valence-electron chi connectivity index (χ1n) is 5.83. The van der Waals surface area contributed by atoms with E-state index < -0.39 is 12.0 Å². The first kappa shape index (κ1) is 16.4. The Labute approximate surface area is 127 Å². The predicted octanol–water partition coefficient (Wildman–Crippen LogP) is 0.970. The lowest BCUT2D eigenvalue weighted by molar-refractivity contribution is -0.115. The van der Waals surface area contributed by atoms with Gasteiger partial charge in [-0.15, -0.1) is 0 Å². The molecule has 1 aromatic carbocycles. The number of nitrogens with one attached hydrogen (secondary N) is 3. The Morgan fingerprint density at radius 1 is 1.19 bits per heavy atom. The van der Waals surface area contributed by atoms with Crippen LogP contribution >= 0.6 is 12.2 Å². The van der Waals surface area contributed by atoms with Gasteiger partial charge in [-0.25, -0.2) is 10.2 Å². The summed E-state index contributed by atoms with van der Waals surface area (Å²) in [6.45, 7) is 0. The maximum atomic E-state index is 11.6. The van der Waals surface area contributed by atoms with Gasteiger partial charge >= 0.3 is 6.09 Å². The summed E-state index contributed by atoms with van der Waals surface area (Å²) >= 11 is 4.80. The Kier molecular flexibility index (Phi) is 6.69. The van der Waals surface area contributed by atoms with Gasteiger partial charge in [0.25, 0.3) is 0 Å². The van der Waals surface area contributed by atoms with E-state index in [0.29, 0.717) is 5.75 Å². The highest BCUT2D eigenvalue weighted by Crippen LogP contribution is 2.18. The lowest BCUT2D eigenvalue weighted by atomic mass is 10.2. The second kappa shape index (κ2) is 8.54. The summed E-state index contributed by atoms with van der Waals surface area (Å²) in [6.07, 6.45) is 2.16. The fourth-order valence-corrected chi connectivity index (χ4v) is 1.46. The summed E-state index contributed by atoms with van der Waals surface area (Å²) in [7, 11) is 2.75. The molecule has 0 saturated heterocycles. The summed E-state index contributed by atoms with van der Waals surface area (Å²) < 4.78 is 9.48. The molecule has 0 heterocycles. The fraction of sp³-hybridized carbons (Fsp3) is 0.154. The van der Waals surface area contributed by atoms with Gasteiger partial charge in [-0.3, -0.25) is 15.5 Å². The number of amides is 2. The maximum Gasteiger partial charge on any atom is 0.425 e. The lowest BCUT2D eigenvalue weighted by Gasteiger charge is -2.08. The Morgan fingerprint density at radius 2 is 1.90 bits per heavy atom. The van der Waals surface area contributed by atoms with E-state index in [1.807, 2.05) is 12.1 Å². The molecule has 0 fully saturated rings. The van der Waals surface area contributed by atoms with E-state index in [1.165, 1.54) is 13.2 Å². The van der Waals surface area contributed by atoms with E-state index in [2.05, 4.69) is 20.9 Å². The molecule has 0 radical (unpaired) electrons. The Balaban J connectivity index is 2.51. The van der Waals surface area contributed by atoms with Crippen molar-refractivity contribution in [2.24, 2.45) is 0 Å². The highest BCUT2D eigenvalue weighted by atomic mass is 32.1. The Bertz CT molecular complexity index is 560. The van der Waals surface area contributed by atoms with Gasteiger partial charge in [0, 0.05) is 11.6 Å². The minimum Gasteiger partial charge on any atom is -0.496 e. The standard InChI is InChI=1S/C13H15N3O4S/c1-19-10-6-4-3-5-9(10)7-8-11(17)14-12(21)15-16-13(18)20-2/h3-8H,1-2H3,(H,16,18)(H2,14,15,17,21)/b8-7+. The number of hydrogen-bond acceptors (Lipinski definition) is 5. The molecule has 1 rings (SSSR count). The Morgan fingerprint density at radius 3 is 2.57 bits per heavy atom. The zero-order chi connectivity index (χ0) is 15.7. The molecule has 0 aliphatic heterocycles. The quantitative estimate of drug-likeness (QED) is 0.438. The van der Waals surface area contributed by atoms with Crippen molar-refractivity contribution in [3.63, 3.8) is 0 Å². The van der Waals surface area contributed by atoms with E-state index in [0.717, 1.165) is 5.56 Å². The molecule has 2 amide bonds. The first-order chi connectivity index (χ1) is 10.1. The number of hydrogen-bond donors (Lipinski definition) is 3. The number of carbonyl (C=O) groups is 2. The van der Waals surface area contributed by atoms with Gasteiger partial charge in [-0.2, -0.15) is 0 Å². The van der Waals surface area contributed by atoms with Crippen LogP contribution in [0.25, 0.3) is 6.08 Å². The summed E-state index contributed by atoms with van der Waals surface area (Å²) in [5.41, 5.74) is 5.17. The number of para-hydroxylation sites is 1. The van der Waals surface area contributed by atoms with Crippen molar-refractivity contribution in [1.82, 2.24) is 16.2 Å². The summed E-state index contributed by atoms with van der Waals surface area (Å²) in [6, 6.07) is 7.24. The van der Waals surface area contributed by atoms with Crippen molar-refractivity contribution >= 4 is 35.4 Å². The van der Waals surface area contributed by atoms with Gasteiger partial charge in [0.15, 0.2) is 5.11 Å². The average Bonchev–Trinajstić information content (AvgIpc) is 2.50. The SMILES string of the molecule is COC(=O)NNC(=S)NC(=O)/C=C/c1ccccc1OC. The van der Waals surface area contributed by atoms with Crippen LogP contribution in [0.3, 0.4) is 0 Å². The van der Waals surface area contributed by atoms with Crippen LogP contribution in [0.5, 0.6) is 5.75 Å². The van der Waals surface area contributed by atoms with E-state index in [4.69, 9.17) is 17.0 Å². The number of carbonyl (C=O) groups excluding carboxylic acids is 2. The fourth-order valence-electron chi connectivity index (χ4n) is 1.31. The van der Waals surface area contributed by atoms with Crippen molar-refractivity contribution in [3.05, 3.63) is 35.9 Å². The third kappa shape index (κ3) is 5.91. The molecule has 0 aliphatic carbocycles. The molecular formula is C13H15N3O4S. The zero-order valence-electron chi connectivity index (χ0n) is 11.5. The van der Waals surface area contributed by atoms with Crippen molar-refractivity contribution in [1.29, 1.82) is 0 Å². The highest BCUT2D eigenvalue weighted by Gasteiger charge is 2.03. The van der Waals surface area contributed by atoms with Gasteiger partial charge in [0.1, 0.15) is 5.75 Å². The predicted molar refractivity (Wildman–Crippen MR) is 81.4 cm³/mol. The third-order valence-electron chi connectivity index (χ3n) is 2.25. The molecule has 0 bridgehead atoms. The number of rotatable bonds is 3. The second-order valence-electron chi connectivity index (χ2n) is 3.64. The molecule has 0 aliphatic rings. The number of methoxy groups -OCH3 is 2. The van der Waals surface area contributed by atoms with Crippen LogP contribution in [0.4, 0.5) is 4.79 Å². The van der Waals surface area contributed by atoms with Crippen LogP contribution in [-0.4, -0.2) is 31.3 Å². The minimum absolute atomic E-state index is 0.0601. The largest absolute Gasteiger partial charge is 0.496 e. The molecule has 8 heteroatoms. The van der Waals surface area contributed by atoms with E-state index in [-0.39, 0.29) is 5.11 Å². The molecule has 0 atom stereocenters. The third-order valence-corrected chi connectivity index (χ3v) is 2.46. The first-order valence-corrected chi connectivity index (χ1v) is 6.23. The average molecular weight is 309 g/mol. The van der Waals surface area contributed by atoms with E-state index >= 15 is 0 Å². The molecule has 0 saturated carbocycles. The van der Waals surface area contributed by atoms with Gasteiger partial charge in [-0.05, 0) is 24.4 Å². The number of ether oxygens (including phenoxy) is 2. The number of thiocarbonyl (C=S) groups is 1. The van der Waals surface area contributed by atoms with Crippen molar-refractivity contribution in [2.45, 2.75) is 0 Å². The molecule has 3 N–H and O–H groups in total. The van der Waals surface area contributed by atoms with Crippen molar-refractivity contribution in [2.75, 3.05) is 14.2 Å². The Hall–Kier alpha value is -2.61. The highest BCUT2D eigenvalue weighted by molar-refractivity contribution is 7.80. The molecule has 7 nitrogen and oxygen atoms in total. The van der Waals surface area contributed by atoms with Crippen LogP contribution in [0.2, 0.25) is 0 Å². The minimum atomic E-state index is -0.726. The van der Waals surface area contributed by atoms with Crippen molar-refractivity contribution in [3.8, 4) is 5.75 Å². The topological polar surface area (TPSA) is 88.7 Å². The van der Waals surface area contributed by atoms with Gasteiger partial charge in [0.2, 0.25) is 5.91 Å². The van der Waals surface area contributed by atoms with Crippen LogP contribution in [0.15, 0.2) is 30.3 Å². The summed E-state index contributed by atoms with van der Waals surface area (Å²) in [5.74, 6) is 0.194. The molecule has 112 valence electrons. The summed E-state index contributed by atoms with van der Waals surface area (Å²) in [5, 5.41) is 2.29. The summed E-state index contributed by atoms with van der Waals surface area (Å²) in [4.78, 5) is 22.4. The van der Waals surface area contributed by atoms with Crippen LogP contribution in [-0.2, 0) is 9.53 Å². The smallest absolute Gasteiger partial charge is 0.425 e. The monoisotopic (exact) mass is 309 g/mol. The maximum absolute atomic E-state index is 11.6. The second-order valence-corrected chi connectivity index (χ2v) is 4.04. The van der Waals surface area contributed by atoms with Crippen LogP contribution in [0.1, 0.15) is 5.56 Å². The molecule has 0 spiro atoms. The van der Waals surface area contributed by atoms with Gasteiger partial charge < -0.3 is 9.47 Å². The normalized spacial score (nSPS) is 9.81. The number of hydrazine groups is 1. The number of benzene rings is 1. The molecular weight excluding hydrogens is 294 g/mol. The van der Waals surface area contributed by atoms with E-state index in [9.17, 15) is 9.59 Å². The van der Waals surface area contributed by atoms with Gasteiger partial charge in [0.05, 0.1) is 14.2 Å². The van der Waals surface area contributed by atoms with E-state index in [1.54, 1.807) is 25.3 Å². The van der Waals surface area contributed by atoms with Crippen LogP contribution in [0, 0.1) is 0 Å². The van der Waals surface area contributed by atoms with Gasteiger partial charge in [-0.1, -0.05) is 18.2 Å². The molecule has 0 unspecified atom stereocenters.